The number of ketones is 2. The topological polar surface area (TPSA) is 46.6 Å². The third-order valence-electron chi connectivity index (χ3n) is 4.04. The van der Waals surface area contributed by atoms with Gasteiger partial charge in [-0.2, -0.15) is 0 Å². The number of methoxy groups -OCH3 is 1. The van der Waals surface area contributed by atoms with E-state index in [1.165, 1.54) is 37.3 Å². The number of benzene rings is 2. The first-order chi connectivity index (χ1) is 13.1. The van der Waals surface area contributed by atoms with Crippen LogP contribution in [-0.4, -0.2) is 37.7 Å². The predicted molar refractivity (Wildman–Crippen MR) is 104 cm³/mol. The summed E-state index contributed by atoms with van der Waals surface area (Å²) in [7, 11) is 4.64. The summed E-state index contributed by atoms with van der Waals surface area (Å²) >= 11 is 5.82. The molecular weight excluding hydrogens is 388 g/mol. The number of allylic oxidation sites excluding steroid dienone is 1. The maximum atomic E-state index is 14.6. The number of hydrogen-bond donors (Lipinski definition) is 0. The van der Waals surface area contributed by atoms with Crippen molar-refractivity contribution >= 4 is 23.2 Å². The van der Waals surface area contributed by atoms with E-state index in [1.807, 2.05) is 0 Å². The number of halogens is 3. The van der Waals surface area contributed by atoms with Crippen molar-refractivity contribution in [1.82, 2.24) is 4.90 Å². The van der Waals surface area contributed by atoms with E-state index >= 15 is 0 Å². The molecule has 4 nitrogen and oxygen atoms in total. The zero-order chi connectivity index (χ0) is 21.0. The van der Waals surface area contributed by atoms with E-state index < -0.39 is 23.2 Å². The number of Topliss-reactive ketones (excluding diaryl/α,β-unsaturated/α-hetero) is 2. The molecule has 0 aliphatic heterocycles. The van der Waals surface area contributed by atoms with Crippen LogP contribution in [0.5, 0.6) is 5.75 Å². The lowest BCUT2D eigenvalue weighted by molar-refractivity contribution is -0.113. The maximum Gasteiger partial charge on any atom is 0.201 e. The second kappa shape index (κ2) is 8.97. The molecule has 28 heavy (non-hydrogen) atoms. The molecule has 0 atom stereocenters. The molecule has 2 aromatic carbocycles. The largest absolute Gasteiger partial charge is 0.496 e. The van der Waals surface area contributed by atoms with Crippen molar-refractivity contribution in [3.05, 3.63) is 75.5 Å². The Hall–Kier alpha value is -2.73. The summed E-state index contributed by atoms with van der Waals surface area (Å²) in [5.41, 5.74) is 0.211. The molecule has 0 amide bonds. The van der Waals surface area contributed by atoms with Crippen LogP contribution in [-0.2, 0) is 11.2 Å². The zero-order valence-electron chi connectivity index (χ0n) is 16.0. The average molecular weight is 408 g/mol. The average Bonchev–Trinajstić information content (AvgIpc) is 2.63. The van der Waals surface area contributed by atoms with Gasteiger partial charge < -0.3 is 9.64 Å². The van der Waals surface area contributed by atoms with Crippen molar-refractivity contribution in [2.75, 3.05) is 21.2 Å². The number of rotatable bonds is 7. The zero-order valence-corrected chi connectivity index (χ0v) is 16.7. The van der Waals surface area contributed by atoms with Gasteiger partial charge in [-0.1, -0.05) is 23.7 Å². The minimum absolute atomic E-state index is 0.0307. The highest BCUT2D eigenvalue weighted by Gasteiger charge is 2.23. The predicted octanol–water partition coefficient (Wildman–Crippen LogP) is 4.43. The smallest absolute Gasteiger partial charge is 0.201 e. The van der Waals surface area contributed by atoms with Crippen molar-refractivity contribution in [1.29, 1.82) is 0 Å². The van der Waals surface area contributed by atoms with Gasteiger partial charge in [0, 0.05) is 32.8 Å². The highest BCUT2D eigenvalue weighted by molar-refractivity contribution is 6.30. The number of nitrogens with zero attached hydrogens (tertiary/aromatic N) is 1. The molecule has 0 radical (unpaired) electrons. The molecule has 0 aliphatic rings. The molecule has 0 aliphatic carbocycles. The van der Waals surface area contributed by atoms with E-state index in [0.29, 0.717) is 5.56 Å². The van der Waals surface area contributed by atoms with Crippen LogP contribution in [0.4, 0.5) is 8.78 Å². The van der Waals surface area contributed by atoms with Gasteiger partial charge in [0.2, 0.25) is 5.78 Å². The normalized spacial score (nSPS) is 11.3. The fourth-order valence-electron chi connectivity index (χ4n) is 2.70. The van der Waals surface area contributed by atoms with Crippen molar-refractivity contribution in [3.63, 3.8) is 0 Å². The second-order valence-corrected chi connectivity index (χ2v) is 6.83. The van der Waals surface area contributed by atoms with E-state index in [0.717, 1.165) is 6.07 Å². The van der Waals surface area contributed by atoms with Crippen LogP contribution >= 0.6 is 11.6 Å². The number of hydrogen-bond acceptors (Lipinski definition) is 4. The lowest BCUT2D eigenvalue weighted by Crippen LogP contribution is -2.17. The molecule has 2 aromatic rings. The first kappa shape index (κ1) is 21.6. The molecule has 0 unspecified atom stereocenters. The third-order valence-corrected chi connectivity index (χ3v) is 4.33. The summed E-state index contributed by atoms with van der Waals surface area (Å²) in [5, 5.41) is -0.0392. The van der Waals surface area contributed by atoms with E-state index in [9.17, 15) is 18.4 Å². The van der Waals surface area contributed by atoms with Gasteiger partial charge in [0.25, 0.3) is 0 Å². The number of carbonyl (C=O) groups excluding carboxylic acids is 2. The Morgan fingerprint density at radius 1 is 1.18 bits per heavy atom. The van der Waals surface area contributed by atoms with Gasteiger partial charge in [0.1, 0.15) is 17.4 Å². The van der Waals surface area contributed by atoms with Gasteiger partial charge in [-0.05, 0) is 30.2 Å². The van der Waals surface area contributed by atoms with Crippen LogP contribution in [0.3, 0.4) is 0 Å². The standard InChI is InChI=1S/C21H20ClF2NO3/c1-12(26)16(11-25(2)3)21(27)15-9-14(19(28-4)10-18(15)23)8-13-6-5-7-17(22)20(13)24/h5-7,9-11H,8H2,1-4H3/b16-11+. The van der Waals surface area contributed by atoms with Gasteiger partial charge in [0.15, 0.2) is 5.78 Å². The molecular formula is C21H20ClF2NO3. The Bertz CT molecular complexity index is 955. The van der Waals surface area contributed by atoms with Crippen LogP contribution < -0.4 is 4.74 Å². The Morgan fingerprint density at radius 3 is 2.43 bits per heavy atom. The summed E-state index contributed by atoms with van der Waals surface area (Å²) < 4.78 is 34.0. The van der Waals surface area contributed by atoms with Crippen LogP contribution in [0.2, 0.25) is 5.02 Å². The maximum absolute atomic E-state index is 14.6. The third kappa shape index (κ3) is 4.75. The fourth-order valence-corrected chi connectivity index (χ4v) is 2.90. The Morgan fingerprint density at radius 2 is 1.86 bits per heavy atom. The molecule has 0 N–H and O–H groups in total. The molecule has 0 bridgehead atoms. The molecule has 7 heteroatoms. The van der Waals surface area contributed by atoms with E-state index in [4.69, 9.17) is 16.3 Å². The lowest BCUT2D eigenvalue weighted by Gasteiger charge is -2.14. The van der Waals surface area contributed by atoms with Crippen molar-refractivity contribution in [2.45, 2.75) is 13.3 Å². The van der Waals surface area contributed by atoms with Crippen LogP contribution in [0.1, 0.15) is 28.4 Å². The molecule has 0 fully saturated rings. The summed E-state index contributed by atoms with van der Waals surface area (Å²) in [6.07, 6.45) is 1.37. The SMILES string of the molecule is COc1cc(F)c(C(=O)/C(=C/N(C)C)C(C)=O)cc1Cc1cccc(Cl)c1F. The molecule has 0 aromatic heterocycles. The summed E-state index contributed by atoms with van der Waals surface area (Å²) in [6.45, 7) is 1.23. The van der Waals surface area contributed by atoms with Gasteiger partial charge >= 0.3 is 0 Å². The Labute approximate surface area is 167 Å². The second-order valence-electron chi connectivity index (χ2n) is 6.43. The van der Waals surface area contributed by atoms with Gasteiger partial charge in [-0.15, -0.1) is 0 Å². The molecule has 148 valence electrons. The molecule has 2 rings (SSSR count). The van der Waals surface area contributed by atoms with Gasteiger partial charge in [0.05, 0.1) is 23.3 Å². The van der Waals surface area contributed by atoms with Gasteiger partial charge in [-0.25, -0.2) is 8.78 Å². The molecule has 0 saturated heterocycles. The summed E-state index contributed by atoms with van der Waals surface area (Å²) in [6, 6.07) is 6.89. The highest BCUT2D eigenvalue weighted by Crippen LogP contribution is 2.29. The number of ether oxygens (including phenoxy) is 1. The number of carbonyl (C=O) groups is 2. The van der Waals surface area contributed by atoms with Gasteiger partial charge in [-0.3, -0.25) is 9.59 Å². The van der Waals surface area contributed by atoms with Crippen molar-refractivity contribution < 1.29 is 23.1 Å². The molecule has 0 heterocycles. The molecule has 0 spiro atoms. The molecule has 0 saturated carbocycles. The van der Waals surface area contributed by atoms with Crippen LogP contribution in [0, 0.1) is 11.6 Å². The summed E-state index contributed by atoms with van der Waals surface area (Å²) in [5.74, 6) is -2.51. The highest BCUT2D eigenvalue weighted by atomic mass is 35.5. The van der Waals surface area contributed by atoms with Crippen LogP contribution in [0.15, 0.2) is 42.1 Å². The first-order valence-electron chi connectivity index (χ1n) is 8.38. The van der Waals surface area contributed by atoms with Crippen molar-refractivity contribution in [2.24, 2.45) is 0 Å². The van der Waals surface area contributed by atoms with E-state index in [-0.39, 0.29) is 33.9 Å². The van der Waals surface area contributed by atoms with E-state index in [1.54, 1.807) is 26.2 Å². The Balaban J connectivity index is 2.56. The minimum atomic E-state index is -0.830. The van der Waals surface area contributed by atoms with E-state index in [2.05, 4.69) is 0 Å². The Kier molecular flexibility index (Phi) is 6.91. The first-order valence-corrected chi connectivity index (χ1v) is 8.76. The van der Waals surface area contributed by atoms with Crippen LogP contribution in [0.25, 0.3) is 0 Å². The minimum Gasteiger partial charge on any atom is -0.496 e. The van der Waals surface area contributed by atoms with Crippen molar-refractivity contribution in [3.8, 4) is 5.75 Å². The monoisotopic (exact) mass is 407 g/mol. The summed E-state index contributed by atoms with van der Waals surface area (Å²) in [4.78, 5) is 26.2. The lowest BCUT2D eigenvalue weighted by atomic mass is 9.95. The quantitative estimate of drug-likeness (QED) is 0.295. The fraction of sp³-hybridized carbons (Fsp3) is 0.238.